The normalized spacial score (nSPS) is 14.8. The van der Waals surface area contributed by atoms with Crippen molar-refractivity contribution < 1.29 is 29.4 Å². The van der Waals surface area contributed by atoms with Crippen LogP contribution in [0.4, 0.5) is 0 Å². The molecule has 8 N–H and O–H groups in total. The first-order valence-corrected chi connectivity index (χ1v) is 9.69. The van der Waals surface area contributed by atoms with Crippen LogP contribution >= 0.6 is 0 Å². The summed E-state index contributed by atoms with van der Waals surface area (Å²) in [6, 6.07) is 2.85. The highest BCUT2D eigenvalue weighted by Gasteiger charge is 2.28. The number of para-hydroxylation sites is 1. The standard InChI is InChI=1S/C20H27N5O6/c1-10(21)17(27)25-16(9-26)19(29)23-11(2)18(28)24-15(20(30)31)7-12-8-22-14-6-4-3-5-13(12)14/h3-6,8,10-11,15-16,22,26H,7,9,21H2,1-2H3,(H,23,29)(H,24,28)(H,25,27)(H,30,31). The smallest absolute Gasteiger partial charge is 0.326 e. The van der Waals surface area contributed by atoms with Gasteiger partial charge >= 0.3 is 5.97 Å². The van der Waals surface area contributed by atoms with Crippen LogP contribution in [0.1, 0.15) is 19.4 Å². The quantitative estimate of drug-likeness (QED) is 0.240. The van der Waals surface area contributed by atoms with Crippen molar-refractivity contribution in [1.82, 2.24) is 20.9 Å². The summed E-state index contributed by atoms with van der Waals surface area (Å²) in [4.78, 5) is 51.1. The Balaban J connectivity index is 2.00. The Morgan fingerprint density at radius 3 is 2.26 bits per heavy atom. The van der Waals surface area contributed by atoms with Crippen LogP contribution in [-0.4, -0.2) is 69.7 Å². The van der Waals surface area contributed by atoms with Crippen molar-refractivity contribution in [2.24, 2.45) is 5.73 Å². The van der Waals surface area contributed by atoms with Crippen LogP contribution in [0.3, 0.4) is 0 Å². The average molecular weight is 433 g/mol. The van der Waals surface area contributed by atoms with Crippen LogP contribution in [-0.2, 0) is 25.6 Å². The second-order valence-electron chi connectivity index (χ2n) is 7.23. The molecule has 1 heterocycles. The van der Waals surface area contributed by atoms with Gasteiger partial charge in [0.1, 0.15) is 18.1 Å². The Bertz CT molecular complexity index is 956. The molecule has 2 aromatic rings. The molecule has 1 aromatic heterocycles. The minimum atomic E-state index is -1.30. The van der Waals surface area contributed by atoms with Gasteiger partial charge in [0.25, 0.3) is 0 Å². The van der Waals surface area contributed by atoms with E-state index in [1.165, 1.54) is 13.8 Å². The minimum Gasteiger partial charge on any atom is -0.480 e. The molecular formula is C20H27N5O6. The molecule has 0 radical (unpaired) electrons. The van der Waals surface area contributed by atoms with Crippen molar-refractivity contribution in [3.63, 3.8) is 0 Å². The molecule has 0 saturated heterocycles. The summed E-state index contributed by atoms with van der Waals surface area (Å²) in [6.45, 7) is 2.08. The van der Waals surface area contributed by atoms with Gasteiger partial charge in [-0.3, -0.25) is 14.4 Å². The van der Waals surface area contributed by atoms with E-state index in [1.807, 2.05) is 24.3 Å². The number of nitrogens with one attached hydrogen (secondary N) is 4. The van der Waals surface area contributed by atoms with E-state index in [-0.39, 0.29) is 6.42 Å². The average Bonchev–Trinajstić information content (AvgIpc) is 3.13. The molecule has 2 rings (SSSR count). The number of benzene rings is 1. The van der Waals surface area contributed by atoms with Gasteiger partial charge in [-0.25, -0.2) is 4.79 Å². The molecule has 4 atom stereocenters. The lowest BCUT2D eigenvalue weighted by Gasteiger charge is -2.22. The second kappa shape index (κ2) is 10.5. The summed E-state index contributed by atoms with van der Waals surface area (Å²) in [7, 11) is 0. The molecule has 0 bridgehead atoms. The number of aromatic nitrogens is 1. The first-order chi connectivity index (χ1) is 14.6. The van der Waals surface area contributed by atoms with Crippen molar-refractivity contribution in [3.8, 4) is 0 Å². The SMILES string of the molecule is CC(N)C(=O)NC(CO)C(=O)NC(C)C(=O)NC(Cc1c[nH]c2ccccc12)C(=O)O. The minimum absolute atomic E-state index is 0.0372. The van der Waals surface area contributed by atoms with Crippen molar-refractivity contribution in [3.05, 3.63) is 36.0 Å². The summed E-state index contributed by atoms with van der Waals surface area (Å²) in [5.41, 5.74) is 6.98. The first kappa shape index (κ1) is 23.8. The number of carbonyl (C=O) groups is 4. The number of aromatic amines is 1. The molecule has 0 spiro atoms. The Kier molecular flexibility index (Phi) is 8.11. The molecule has 168 valence electrons. The van der Waals surface area contributed by atoms with Crippen molar-refractivity contribution in [2.45, 2.75) is 44.4 Å². The number of carbonyl (C=O) groups excluding carboxylic acids is 3. The van der Waals surface area contributed by atoms with Gasteiger partial charge in [0.2, 0.25) is 17.7 Å². The molecule has 11 heteroatoms. The summed E-state index contributed by atoms with van der Waals surface area (Å²) in [6.07, 6.45) is 1.72. The summed E-state index contributed by atoms with van der Waals surface area (Å²) >= 11 is 0. The molecule has 0 fully saturated rings. The van der Waals surface area contributed by atoms with Gasteiger partial charge in [-0.05, 0) is 25.5 Å². The summed E-state index contributed by atoms with van der Waals surface area (Å²) < 4.78 is 0. The van der Waals surface area contributed by atoms with Gasteiger partial charge in [0, 0.05) is 23.5 Å². The fourth-order valence-corrected chi connectivity index (χ4v) is 2.89. The highest BCUT2D eigenvalue weighted by Crippen LogP contribution is 2.19. The van der Waals surface area contributed by atoms with Crippen LogP contribution in [0.2, 0.25) is 0 Å². The van der Waals surface area contributed by atoms with Crippen molar-refractivity contribution >= 4 is 34.6 Å². The van der Waals surface area contributed by atoms with Crippen LogP contribution in [0, 0.1) is 0 Å². The van der Waals surface area contributed by atoms with Gasteiger partial charge in [0.05, 0.1) is 12.6 Å². The van der Waals surface area contributed by atoms with E-state index in [2.05, 4.69) is 20.9 Å². The number of H-pyrrole nitrogens is 1. The lowest BCUT2D eigenvalue weighted by Crippen LogP contribution is -2.57. The van der Waals surface area contributed by atoms with E-state index in [0.29, 0.717) is 0 Å². The van der Waals surface area contributed by atoms with E-state index in [0.717, 1.165) is 16.5 Å². The zero-order chi connectivity index (χ0) is 23.1. The molecule has 3 amide bonds. The molecular weight excluding hydrogens is 406 g/mol. The Labute approximate surface area is 178 Å². The lowest BCUT2D eigenvalue weighted by atomic mass is 10.0. The third kappa shape index (κ3) is 6.27. The largest absolute Gasteiger partial charge is 0.480 e. The third-order valence-corrected chi connectivity index (χ3v) is 4.69. The van der Waals surface area contributed by atoms with Crippen LogP contribution in [0.5, 0.6) is 0 Å². The fourth-order valence-electron chi connectivity index (χ4n) is 2.89. The highest BCUT2D eigenvalue weighted by atomic mass is 16.4. The van der Waals surface area contributed by atoms with Gasteiger partial charge in [-0.1, -0.05) is 18.2 Å². The summed E-state index contributed by atoms with van der Waals surface area (Å²) in [5.74, 6) is -3.40. The predicted molar refractivity (Wildman–Crippen MR) is 112 cm³/mol. The van der Waals surface area contributed by atoms with E-state index >= 15 is 0 Å². The number of rotatable bonds is 10. The number of nitrogens with two attached hydrogens (primary N) is 1. The molecule has 0 aliphatic heterocycles. The molecule has 0 saturated carbocycles. The van der Waals surface area contributed by atoms with Crippen molar-refractivity contribution in [2.75, 3.05) is 6.61 Å². The van der Waals surface area contributed by atoms with Crippen LogP contribution < -0.4 is 21.7 Å². The zero-order valence-electron chi connectivity index (χ0n) is 17.2. The number of amides is 3. The number of carboxylic acid groups (broad SMARTS) is 1. The molecule has 4 unspecified atom stereocenters. The fraction of sp³-hybridized carbons (Fsp3) is 0.400. The predicted octanol–water partition coefficient (Wildman–Crippen LogP) is -1.39. The van der Waals surface area contributed by atoms with Gasteiger partial charge < -0.3 is 36.9 Å². The first-order valence-electron chi connectivity index (χ1n) is 9.69. The lowest BCUT2D eigenvalue weighted by molar-refractivity contribution is -0.142. The Morgan fingerprint density at radius 2 is 1.65 bits per heavy atom. The third-order valence-electron chi connectivity index (χ3n) is 4.69. The Morgan fingerprint density at radius 1 is 1.00 bits per heavy atom. The van der Waals surface area contributed by atoms with Gasteiger partial charge in [-0.15, -0.1) is 0 Å². The number of hydrogen-bond donors (Lipinski definition) is 7. The number of aliphatic carboxylic acids is 1. The van der Waals surface area contributed by atoms with Crippen LogP contribution in [0.15, 0.2) is 30.5 Å². The maximum absolute atomic E-state index is 12.5. The second-order valence-corrected chi connectivity index (χ2v) is 7.23. The van der Waals surface area contributed by atoms with E-state index in [1.54, 1.807) is 6.20 Å². The van der Waals surface area contributed by atoms with Gasteiger partial charge in [0.15, 0.2) is 0 Å². The van der Waals surface area contributed by atoms with E-state index in [9.17, 15) is 29.4 Å². The number of aliphatic hydroxyl groups is 1. The van der Waals surface area contributed by atoms with Crippen molar-refractivity contribution in [1.29, 1.82) is 0 Å². The Hall–Kier alpha value is -3.44. The molecule has 31 heavy (non-hydrogen) atoms. The molecule has 0 aliphatic carbocycles. The summed E-state index contributed by atoms with van der Waals surface area (Å²) in [5, 5.41) is 26.7. The zero-order valence-corrected chi connectivity index (χ0v) is 17.2. The topological polar surface area (TPSA) is 187 Å². The number of hydrogen-bond acceptors (Lipinski definition) is 6. The maximum Gasteiger partial charge on any atom is 0.326 e. The highest BCUT2D eigenvalue weighted by molar-refractivity contribution is 5.94. The number of carboxylic acids is 1. The number of fused-ring (bicyclic) bond motifs is 1. The molecule has 1 aromatic carbocycles. The van der Waals surface area contributed by atoms with E-state index < -0.39 is 54.5 Å². The monoisotopic (exact) mass is 433 g/mol. The molecule has 0 aliphatic rings. The maximum atomic E-state index is 12.5. The molecule has 11 nitrogen and oxygen atoms in total. The van der Waals surface area contributed by atoms with E-state index in [4.69, 9.17) is 5.73 Å². The van der Waals surface area contributed by atoms with Crippen LogP contribution in [0.25, 0.3) is 10.9 Å². The van der Waals surface area contributed by atoms with Gasteiger partial charge in [-0.2, -0.15) is 0 Å². The number of aliphatic hydroxyl groups excluding tert-OH is 1.